The first-order valence-corrected chi connectivity index (χ1v) is 5.28. The number of carbonyl (C=O) groups excluding carboxylic acids is 1. The fourth-order valence-electron chi connectivity index (χ4n) is 0.378. The molecule has 3 nitrogen and oxygen atoms in total. The quantitative estimate of drug-likeness (QED) is 0.388. The van der Waals surface area contributed by atoms with Crippen molar-refractivity contribution in [3.63, 3.8) is 0 Å². The first-order chi connectivity index (χ1) is 5.27. The van der Waals surface area contributed by atoms with Crippen molar-refractivity contribution >= 4 is 13.8 Å². The second kappa shape index (κ2) is 3.81. The van der Waals surface area contributed by atoms with Crippen LogP contribution in [-0.4, -0.2) is 18.0 Å². The normalized spacial score (nSPS) is 12.2. The Hall–Kier alpha value is -0.690. The summed E-state index contributed by atoms with van der Waals surface area (Å²) in [4.78, 5) is 11.0. The SMILES string of the molecule is C=C(C)C(=O)OC(C)(C)[P+](C)=O. The van der Waals surface area contributed by atoms with Gasteiger partial charge in [0.2, 0.25) is 0 Å². The lowest BCUT2D eigenvalue weighted by atomic mass is 10.3. The van der Waals surface area contributed by atoms with Crippen molar-refractivity contribution in [2.45, 2.75) is 26.1 Å². The van der Waals surface area contributed by atoms with Crippen LogP contribution >= 0.6 is 7.80 Å². The Labute approximate surface area is 73.6 Å². The van der Waals surface area contributed by atoms with Gasteiger partial charge in [0.1, 0.15) is 6.66 Å². The smallest absolute Gasteiger partial charge is 0.382 e. The van der Waals surface area contributed by atoms with Crippen molar-refractivity contribution in [1.82, 2.24) is 0 Å². The Bertz CT molecular complexity index is 230. The van der Waals surface area contributed by atoms with E-state index in [4.69, 9.17) is 4.74 Å². The lowest BCUT2D eigenvalue weighted by Gasteiger charge is -2.13. The maximum Gasteiger partial charge on any atom is 0.382 e. The number of rotatable bonds is 3. The molecule has 12 heavy (non-hydrogen) atoms. The molecule has 0 saturated heterocycles. The summed E-state index contributed by atoms with van der Waals surface area (Å²) < 4.78 is 16.0. The molecule has 68 valence electrons. The third-order valence-electron chi connectivity index (χ3n) is 1.45. The van der Waals surface area contributed by atoms with Gasteiger partial charge in [-0.2, -0.15) is 0 Å². The number of ether oxygens (including phenoxy) is 1. The van der Waals surface area contributed by atoms with Crippen molar-refractivity contribution in [3.05, 3.63) is 12.2 Å². The zero-order valence-electron chi connectivity index (χ0n) is 7.88. The molecule has 0 radical (unpaired) electrons. The standard InChI is InChI=1S/C8H14O3P/c1-6(2)7(9)11-8(3,4)12(5)10/h1H2,2-5H3/q+1. The van der Waals surface area contributed by atoms with Gasteiger partial charge in [0.15, 0.2) is 0 Å². The van der Waals surface area contributed by atoms with Crippen LogP contribution in [0.25, 0.3) is 0 Å². The third kappa shape index (κ3) is 3.14. The molecular formula is C8H14O3P+. The Balaban J connectivity index is 4.35. The highest BCUT2D eigenvalue weighted by molar-refractivity contribution is 7.45. The lowest BCUT2D eigenvalue weighted by Crippen LogP contribution is -2.24. The van der Waals surface area contributed by atoms with Gasteiger partial charge in [-0.3, -0.25) is 0 Å². The lowest BCUT2D eigenvalue weighted by molar-refractivity contribution is -0.145. The van der Waals surface area contributed by atoms with E-state index in [1.807, 2.05) is 0 Å². The summed E-state index contributed by atoms with van der Waals surface area (Å²) in [5.41, 5.74) is 0.319. The molecule has 4 heteroatoms. The average Bonchev–Trinajstić information content (AvgIpc) is 1.85. The number of hydrogen-bond acceptors (Lipinski definition) is 3. The Morgan fingerprint density at radius 3 is 2.17 bits per heavy atom. The molecular weight excluding hydrogens is 175 g/mol. The molecule has 0 aromatic carbocycles. The first kappa shape index (κ1) is 11.3. The van der Waals surface area contributed by atoms with Gasteiger partial charge >= 0.3 is 13.8 Å². The van der Waals surface area contributed by atoms with Gasteiger partial charge in [-0.05, 0) is 6.92 Å². The molecule has 0 aliphatic carbocycles. The predicted octanol–water partition coefficient (Wildman–Crippen LogP) is 2.30. The molecule has 0 spiro atoms. The fourth-order valence-corrected chi connectivity index (χ4v) is 0.590. The molecule has 0 fully saturated rings. The summed E-state index contributed by atoms with van der Waals surface area (Å²) in [6.07, 6.45) is 0. The minimum atomic E-state index is -1.54. The van der Waals surface area contributed by atoms with E-state index in [1.165, 1.54) is 6.66 Å². The van der Waals surface area contributed by atoms with Gasteiger partial charge in [0.25, 0.3) is 5.34 Å². The van der Waals surface area contributed by atoms with E-state index in [0.717, 1.165) is 0 Å². The van der Waals surface area contributed by atoms with Crippen LogP contribution in [-0.2, 0) is 14.1 Å². The minimum absolute atomic E-state index is 0.319. The molecule has 0 aromatic rings. The average molecular weight is 189 g/mol. The molecule has 0 N–H and O–H groups in total. The largest absolute Gasteiger partial charge is 0.411 e. The van der Waals surface area contributed by atoms with E-state index in [1.54, 1.807) is 20.8 Å². The van der Waals surface area contributed by atoms with Crippen LogP contribution in [0.3, 0.4) is 0 Å². The summed E-state index contributed by atoms with van der Waals surface area (Å²) >= 11 is 0. The van der Waals surface area contributed by atoms with E-state index < -0.39 is 19.1 Å². The zero-order chi connectivity index (χ0) is 9.94. The highest BCUT2D eigenvalue weighted by atomic mass is 31.1. The van der Waals surface area contributed by atoms with Gasteiger partial charge < -0.3 is 4.74 Å². The van der Waals surface area contributed by atoms with E-state index in [9.17, 15) is 9.36 Å². The van der Waals surface area contributed by atoms with Crippen LogP contribution in [0.2, 0.25) is 0 Å². The van der Waals surface area contributed by atoms with E-state index in [-0.39, 0.29) is 0 Å². The van der Waals surface area contributed by atoms with Crippen molar-refractivity contribution in [2.75, 3.05) is 6.66 Å². The number of esters is 1. The molecule has 0 rings (SSSR count). The van der Waals surface area contributed by atoms with E-state index in [0.29, 0.717) is 5.57 Å². The van der Waals surface area contributed by atoms with Crippen LogP contribution in [0.1, 0.15) is 20.8 Å². The molecule has 0 aromatic heterocycles. The second-order valence-corrected chi connectivity index (χ2v) is 5.19. The van der Waals surface area contributed by atoms with Crippen LogP contribution in [0.15, 0.2) is 12.2 Å². The third-order valence-corrected chi connectivity index (χ3v) is 3.06. The summed E-state index contributed by atoms with van der Waals surface area (Å²) in [7, 11) is -1.54. The molecule has 0 heterocycles. The van der Waals surface area contributed by atoms with Crippen molar-refractivity contribution in [1.29, 1.82) is 0 Å². The molecule has 0 saturated carbocycles. The minimum Gasteiger partial charge on any atom is -0.411 e. The summed E-state index contributed by atoms with van der Waals surface area (Å²) in [6, 6.07) is 0. The Morgan fingerprint density at radius 2 is 1.92 bits per heavy atom. The van der Waals surface area contributed by atoms with Crippen molar-refractivity contribution < 1.29 is 14.1 Å². The topological polar surface area (TPSA) is 43.4 Å². The maximum atomic E-state index is 11.1. The second-order valence-electron chi connectivity index (χ2n) is 3.11. The summed E-state index contributed by atoms with van der Waals surface area (Å²) in [5, 5.41) is -0.897. The molecule has 1 unspecified atom stereocenters. The summed E-state index contributed by atoms with van der Waals surface area (Å²) in [5.74, 6) is -0.495. The Kier molecular flexibility index (Phi) is 3.59. The molecule has 0 bridgehead atoms. The Morgan fingerprint density at radius 1 is 1.50 bits per heavy atom. The van der Waals surface area contributed by atoms with Crippen molar-refractivity contribution in [2.24, 2.45) is 0 Å². The highest BCUT2D eigenvalue weighted by Gasteiger charge is 2.39. The molecule has 0 aliphatic heterocycles. The highest BCUT2D eigenvalue weighted by Crippen LogP contribution is 2.36. The van der Waals surface area contributed by atoms with Gasteiger partial charge in [-0.25, -0.2) is 4.79 Å². The molecule has 0 aliphatic rings. The number of hydrogen-bond donors (Lipinski definition) is 0. The van der Waals surface area contributed by atoms with E-state index in [2.05, 4.69) is 6.58 Å². The van der Waals surface area contributed by atoms with Crippen LogP contribution < -0.4 is 0 Å². The number of carbonyl (C=O) groups is 1. The van der Waals surface area contributed by atoms with Crippen molar-refractivity contribution in [3.8, 4) is 0 Å². The first-order valence-electron chi connectivity index (χ1n) is 3.57. The maximum absolute atomic E-state index is 11.1. The molecule has 0 amide bonds. The van der Waals surface area contributed by atoms with Gasteiger partial charge in [-0.1, -0.05) is 11.1 Å². The monoisotopic (exact) mass is 189 g/mol. The fraction of sp³-hybridized carbons (Fsp3) is 0.625. The van der Waals surface area contributed by atoms with Crippen LogP contribution in [0.5, 0.6) is 0 Å². The zero-order valence-corrected chi connectivity index (χ0v) is 8.77. The van der Waals surface area contributed by atoms with Gasteiger partial charge in [0.05, 0.1) is 0 Å². The van der Waals surface area contributed by atoms with Crippen LogP contribution in [0.4, 0.5) is 0 Å². The predicted molar refractivity (Wildman–Crippen MR) is 48.5 cm³/mol. The summed E-state index contributed by atoms with van der Waals surface area (Å²) in [6.45, 7) is 9.75. The van der Waals surface area contributed by atoms with Gasteiger partial charge in [0, 0.05) is 19.4 Å². The van der Waals surface area contributed by atoms with E-state index >= 15 is 0 Å². The van der Waals surface area contributed by atoms with Gasteiger partial charge in [-0.15, -0.1) is 0 Å². The molecule has 1 atom stereocenters. The van der Waals surface area contributed by atoms with Crippen LogP contribution in [0, 0.1) is 0 Å².